The monoisotopic (exact) mass is 271 g/mol. The molecule has 0 spiro atoms. The maximum Gasteiger partial charge on any atom is 0.252 e. The van der Waals surface area contributed by atoms with Crippen LogP contribution in [0.5, 0.6) is 0 Å². The fourth-order valence-electron chi connectivity index (χ4n) is 2.40. The standard InChI is InChI=1S/C17H21NO2/c1-13-14(7-3-4-12-19)8-5-9-15(13)16(20)18-17(2)10-6-11-17/h5,8-9,19H,4,6,10-12H2,1-2H3,(H,18,20). The molecule has 2 N–H and O–H groups in total. The van der Waals surface area contributed by atoms with Gasteiger partial charge in [0.05, 0.1) is 6.61 Å². The highest BCUT2D eigenvalue weighted by Crippen LogP contribution is 2.31. The van der Waals surface area contributed by atoms with Gasteiger partial charge in [-0.3, -0.25) is 4.79 Å². The summed E-state index contributed by atoms with van der Waals surface area (Å²) in [6.07, 6.45) is 3.73. The average molecular weight is 271 g/mol. The minimum atomic E-state index is -0.0396. The van der Waals surface area contributed by atoms with E-state index in [1.54, 1.807) is 0 Å². The van der Waals surface area contributed by atoms with Crippen molar-refractivity contribution < 1.29 is 9.90 Å². The Balaban J connectivity index is 2.18. The van der Waals surface area contributed by atoms with E-state index >= 15 is 0 Å². The lowest BCUT2D eigenvalue weighted by atomic mass is 9.78. The van der Waals surface area contributed by atoms with Crippen molar-refractivity contribution in [1.82, 2.24) is 5.32 Å². The molecule has 20 heavy (non-hydrogen) atoms. The maximum absolute atomic E-state index is 12.4. The molecule has 1 amide bonds. The third kappa shape index (κ3) is 3.20. The van der Waals surface area contributed by atoms with Crippen molar-refractivity contribution in [3.8, 4) is 11.8 Å². The second-order valence-corrected chi connectivity index (χ2v) is 5.62. The molecule has 106 valence electrons. The predicted octanol–water partition coefficient (Wildman–Crippen LogP) is 2.40. The summed E-state index contributed by atoms with van der Waals surface area (Å²) >= 11 is 0. The van der Waals surface area contributed by atoms with Crippen LogP contribution in [0.25, 0.3) is 0 Å². The zero-order chi connectivity index (χ0) is 14.6. The SMILES string of the molecule is Cc1c(C#CCCO)cccc1C(=O)NC1(C)CCC1. The number of aliphatic hydroxyl groups is 1. The van der Waals surface area contributed by atoms with E-state index in [4.69, 9.17) is 5.11 Å². The summed E-state index contributed by atoms with van der Waals surface area (Å²) in [5.74, 6) is 5.89. The Labute approximate surface area is 120 Å². The summed E-state index contributed by atoms with van der Waals surface area (Å²) in [4.78, 5) is 12.4. The van der Waals surface area contributed by atoms with Crippen LogP contribution in [-0.2, 0) is 0 Å². The predicted molar refractivity (Wildman–Crippen MR) is 79.5 cm³/mol. The molecule has 0 aromatic heterocycles. The van der Waals surface area contributed by atoms with Crippen molar-refractivity contribution in [2.24, 2.45) is 0 Å². The summed E-state index contributed by atoms with van der Waals surface area (Å²) in [5, 5.41) is 11.9. The number of hydrogen-bond donors (Lipinski definition) is 2. The second kappa shape index (κ2) is 6.11. The molecule has 1 aromatic carbocycles. The number of rotatable bonds is 3. The molecule has 1 fully saturated rings. The van der Waals surface area contributed by atoms with Gasteiger partial charge in [0.25, 0.3) is 5.91 Å². The zero-order valence-corrected chi connectivity index (χ0v) is 12.1. The Morgan fingerprint density at radius 1 is 1.45 bits per heavy atom. The Kier molecular flexibility index (Phi) is 4.46. The van der Waals surface area contributed by atoms with Gasteiger partial charge in [-0.1, -0.05) is 17.9 Å². The topological polar surface area (TPSA) is 49.3 Å². The van der Waals surface area contributed by atoms with Gasteiger partial charge in [-0.05, 0) is 50.8 Å². The third-order valence-corrected chi connectivity index (χ3v) is 3.91. The van der Waals surface area contributed by atoms with Crippen LogP contribution in [0.2, 0.25) is 0 Å². The summed E-state index contributed by atoms with van der Waals surface area (Å²) < 4.78 is 0. The molecule has 2 rings (SSSR count). The molecule has 3 nitrogen and oxygen atoms in total. The van der Waals surface area contributed by atoms with Crippen molar-refractivity contribution in [3.63, 3.8) is 0 Å². The summed E-state index contributed by atoms with van der Waals surface area (Å²) in [6, 6.07) is 5.60. The molecule has 3 heteroatoms. The maximum atomic E-state index is 12.4. The molecule has 0 saturated heterocycles. The Hall–Kier alpha value is -1.79. The van der Waals surface area contributed by atoms with E-state index in [-0.39, 0.29) is 18.1 Å². The first-order valence-corrected chi connectivity index (χ1v) is 7.08. The quantitative estimate of drug-likeness (QED) is 0.829. The molecule has 1 saturated carbocycles. The fraction of sp³-hybridized carbons (Fsp3) is 0.471. The van der Waals surface area contributed by atoms with Crippen molar-refractivity contribution >= 4 is 5.91 Å². The minimum Gasteiger partial charge on any atom is -0.395 e. The summed E-state index contributed by atoms with van der Waals surface area (Å²) in [5.41, 5.74) is 2.40. The van der Waals surface area contributed by atoms with Gasteiger partial charge < -0.3 is 10.4 Å². The first-order valence-electron chi connectivity index (χ1n) is 7.08. The number of carbonyl (C=O) groups is 1. The van der Waals surface area contributed by atoms with Crippen LogP contribution in [0.1, 0.15) is 54.1 Å². The van der Waals surface area contributed by atoms with Crippen LogP contribution in [0.3, 0.4) is 0 Å². The smallest absolute Gasteiger partial charge is 0.252 e. The molecule has 0 unspecified atom stereocenters. The van der Waals surface area contributed by atoms with E-state index in [9.17, 15) is 4.79 Å². The van der Waals surface area contributed by atoms with Crippen LogP contribution in [0.4, 0.5) is 0 Å². The van der Waals surface area contributed by atoms with Crippen molar-refractivity contribution in [3.05, 3.63) is 34.9 Å². The van der Waals surface area contributed by atoms with E-state index in [2.05, 4.69) is 24.1 Å². The van der Waals surface area contributed by atoms with Gasteiger partial charge in [-0.25, -0.2) is 0 Å². The van der Waals surface area contributed by atoms with Crippen LogP contribution in [-0.4, -0.2) is 23.2 Å². The summed E-state index contributed by atoms with van der Waals surface area (Å²) in [7, 11) is 0. The Morgan fingerprint density at radius 2 is 2.20 bits per heavy atom. The number of benzene rings is 1. The van der Waals surface area contributed by atoms with Gasteiger partial charge in [0.15, 0.2) is 0 Å². The Morgan fingerprint density at radius 3 is 2.80 bits per heavy atom. The van der Waals surface area contributed by atoms with Crippen LogP contribution in [0.15, 0.2) is 18.2 Å². The Bertz CT molecular complexity index is 562. The van der Waals surface area contributed by atoms with Gasteiger partial charge in [-0.15, -0.1) is 0 Å². The number of carbonyl (C=O) groups excluding carboxylic acids is 1. The van der Waals surface area contributed by atoms with Crippen molar-refractivity contribution in [2.45, 2.75) is 45.1 Å². The van der Waals surface area contributed by atoms with E-state index in [1.165, 1.54) is 6.42 Å². The van der Waals surface area contributed by atoms with Gasteiger partial charge in [-0.2, -0.15) is 0 Å². The molecule has 1 aliphatic carbocycles. The first kappa shape index (κ1) is 14.6. The first-order chi connectivity index (χ1) is 9.56. The molecule has 1 aliphatic rings. The molecule has 1 aromatic rings. The number of amides is 1. The van der Waals surface area contributed by atoms with Crippen LogP contribution >= 0.6 is 0 Å². The highest BCUT2D eigenvalue weighted by atomic mass is 16.2. The normalized spacial score (nSPS) is 15.8. The minimum absolute atomic E-state index is 0.0180. The lowest BCUT2D eigenvalue weighted by molar-refractivity contribution is 0.0850. The van der Waals surface area contributed by atoms with E-state index in [0.717, 1.165) is 24.0 Å². The van der Waals surface area contributed by atoms with E-state index in [1.807, 2.05) is 25.1 Å². The fourth-order valence-corrected chi connectivity index (χ4v) is 2.40. The molecule has 0 radical (unpaired) electrons. The van der Waals surface area contributed by atoms with Gasteiger partial charge in [0.1, 0.15) is 0 Å². The van der Waals surface area contributed by atoms with Crippen molar-refractivity contribution in [2.75, 3.05) is 6.61 Å². The molecule has 0 aliphatic heterocycles. The molecular weight excluding hydrogens is 250 g/mol. The van der Waals surface area contributed by atoms with Gasteiger partial charge >= 0.3 is 0 Å². The molecular formula is C17H21NO2. The molecule has 0 heterocycles. The largest absolute Gasteiger partial charge is 0.395 e. The number of hydrogen-bond acceptors (Lipinski definition) is 2. The van der Waals surface area contributed by atoms with E-state index in [0.29, 0.717) is 12.0 Å². The highest BCUT2D eigenvalue weighted by molar-refractivity contribution is 5.96. The number of nitrogens with one attached hydrogen (secondary N) is 1. The zero-order valence-electron chi connectivity index (χ0n) is 12.1. The average Bonchev–Trinajstić information content (AvgIpc) is 2.39. The van der Waals surface area contributed by atoms with Gasteiger partial charge in [0, 0.05) is 23.1 Å². The number of aliphatic hydroxyl groups excluding tert-OH is 1. The van der Waals surface area contributed by atoms with E-state index < -0.39 is 0 Å². The highest BCUT2D eigenvalue weighted by Gasteiger charge is 2.33. The summed E-state index contributed by atoms with van der Waals surface area (Å²) in [6.45, 7) is 4.07. The van der Waals surface area contributed by atoms with Gasteiger partial charge in [0.2, 0.25) is 0 Å². The molecule has 0 atom stereocenters. The lowest BCUT2D eigenvalue weighted by Gasteiger charge is -2.39. The third-order valence-electron chi connectivity index (χ3n) is 3.91. The van der Waals surface area contributed by atoms with Crippen molar-refractivity contribution in [1.29, 1.82) is 0 Å². The second-order valence-electron chi connectivity index (χ2n) is 5.62. The van der Waals surface area contributed by atoms with Crippen LogP contribution < -0.4 is 5.32 Å². The van der Waals surface area contributed by atoms with Crippen LogP contribution in [0, 0.1) is 18.8 Å². The lowest BCUT2D eigenvalue weighted by Crippen LogP contribution is -2.51. The molecule has 0 bridgehead atoms.